The van der Waals surface area contributed by atoms with Crippen molar-refractivity contribution in [2.75, 3.05) is 6.61 Å². The van der Waals surface area contributed by atoms with Crippen LogP contribution in [0.5, 0.6) is 11.5 Å². The summed E-state index contributed by atoms with van der Waals surface area (Å²) in [4.78, 5) is 23.5. The molecular formula is C22H26BrN3O4. The second kappa shape index (κ2) is 12.0. The van der Waals surface area contributed by atoms with Gasteiger partial charge in [-0.05, 0) is 61.7 Å². The molecule has 2 amide bonds. The van der Waals surface area contributed by atoms with Gasteiger partial charge in [-0.3, -0.25) is 9.59 Å². The Morgan fingerprint density at radius 2 is 1.80 bits per heavy atom. The quantitative estimate of drug-likeness (QED) is 0.328. The number of nitrogens with zero attached hydrogens (tertiary/aromatic N) is 1. The number of carbonyl (C=O) groups excluding carboxylic acids is 2. The number of nitrogens with one attached hydrogen (secondary N) is 2. The van der Waals surface area contributed by atoms with Crippen molar-refractivity contribution < 1.29 is 19.1 Å². The van der Waals surface area contributed by atoms with Crippen LogP contribution in [0, 0.1) is 0 Å². The van der Waals surface area contributed by atoms with Crippen LogP contribution in [-0.2, 0) is 16.2 Å². The molecule has 2 aromatic carbocycles. The molecule has 0 aromatic heterocycles. The van der Waals surface area contributed by atoms with E-state index in [1.165, 1.54) is 6.21 Å². The number of carbonyl (C=O) groups is 2. The van der Waals surface area contributed by atoms with Gasteiger partial charge in [0.05, 0.1) is 12.8 Å². The Hall–Kier alpha value is -2.87. The average molecular weight is 476 g/mol. The Labute approximate surface area is 185 Å². The van der Waals surface area contributed by atoms with Gasteiger partial charge in [0, 0.05) is 10.5 Å². The third-order valence-electron chi connectivity index (χ3n) is 4.15. The largest absolute Gasteiger partial charge is 0.490 e. The van der Waals surface area contributed by atoms with Crippen molar-refractivity contribution in [3.63, 3.8) is 0 Å². The van der Waals surface area contributed by atoms with E-state index in [-0.39, 0.29) is 6.04 Å². The maximum Gasteiger partial charge on any atom is 0.329 e. The summed E-state index contributed by atoms with van der Waals surface area (Å²) >= 11 is 3.41. The molecule has 1 atom stereocenters. The van der Waals surface area contributed by atoms with Gasteiger partial charge in [0.1, 0.15) is 6.61 Å². The first-order chi connectivity index (χ1) is 14.4. The lowest BCUT2D eigenvalue weighted by atomic mass is 10.2. The average Bonchev–Trinajstić information content (AvgIpc) is 2.74. The maximum atomic E-state index is 11.8. The fraction of sp³-hybridized carbons (Fsp3) is 0.318. The molecule has 0 spiro atoms. The highest BCUT2D eigenvalue weighted by Crippen LogP contribution is 2.29. The lowest BCUT2D eigenvalue weighted by Crippen LogP contribution is -2.41. The number of rotatable bonds is 9. The number of ether oxygens (including phenoxy) is 2. The molecule has 0 heterocycles. The summed E-state index contributed by atoms with van der Waals surface area (Å²) in [5, 5.41) is 6.42. The third-order valence-corrected chi connectivity index (χ3v) is 4.68. The van der Waals surface area contributed by atoms with E-state index in [4.69, 9.17) is 9.47 Å². The summed E-state index contributed by atoms with van der Waals surface area (Å²) in [6, 6.07) is 13.1. The minimum absolute atomic E-state index is 0.0778. The van der Waals surface area contributed by atoms with Gasteiger partial charge < -0.3 is 14.8 Å². The standard InChI is InChI=1S/C22H26BrN3O4/c1-4-15(3)25-21(27)22(28)26-24-13-17-8-11-19(20(12-17)29-5-2)30-14-16-6-9-18(23)10-7-16/h6-13,15H,4-5,14H2,1-3H3,(H,25,27)(H,26,28)/b24-13-/t15-/m1/s1. The zero-order chi connectivity index (χ0) is 21.9. The Morgan fingerprint density at radius 1 is 1.07 bits per heavy atom. The Morgan fingerprint density at radius 3 is 2.47 bits per heavy atom. The van der Waals surface area contributed by atoms with E-state index in [2.05, 4.69) is 31.8 Å². The van der Waals surface area contributed by atoms with Crippen LogP contribution in [-0.4, -0.2) is 30.7 Å². The highest BCUT2D eigenvalue weighted by atomic mass is 79.9. The van der Waals surface area contributed by atoms with Crippen molar-refractivity contribution in [1.82, 2.24) is 10.7 Å². The molecule has 0 saturated carbocycles. The lowest BCUT2D eigenvalue weighted by molar-refractivity contribution is -0.139. The van der Waals surface area contributed by atoms with Gasteiger partial charge in [-0.1, -0.05) is 35.0 Å². The Balaban J connectivity index is 1.99. The van der Waals surface area contributed by atoms with Crippen molar-refractivity contribution in [1.29, 1.82) is 0 Å². The number of hydrazone groups is 1. The Kier molecular flexibility index (Phi) is 9.34. The normalized spacial score (nSPS) is 11.7. The maximum absolute atomic E-state index is 11.8. The van der Waals surface area contributed by atoms with Crippen LogP contribution in [0.1, 0.15) is 38.3 Å². The number of halogens is 1. The van der Waals surface area contributed by atoms with E-state index in [9.17, 15) is 9.59 Å². The molecule has 0 radical (unpaired) electrons. The van der Waals surface area contributed by atoms with Crippen molar-refractivity contribution in [3.8, 4) is 11.5 Å². The molecule has 0 unspecified atom stereocenters. The Bertz CT molecular complexity index is 884. The van der Waals surface area contributed by atoms with Gasteiger partial charge in [0.15, 0.2) is 11.5 Å². The predicted molar refractivity (Wildman–Crippen MR) is 120 cm³/mol. The molecule has 2 aromatic rings. The molecular weight excluding hydrogens is 450 g/mol. The van der Waals surface area contributed by atoms with Gasteiger partial charge >= 0.3 is 11.8 Å². The fourth-order valence-corrected chi connectivity index (χ4v) is 2.61. The number of hydrogen-bond acceptors (Lipinski definition) is 5. The topological polar surface area (TPSA) is 89.0 Å². The van der Waals surface area contributed by atoms with Crippen LogP contribution < -0.4 is 20.2 Å². The van der Waals surface area contributed by atoms with Crippen molar-refractivity contribution in [2.45, 2.75) is 39.8 Å². The monoisotopic (exact) mass is 475 g/mol. The summed E-state index contributed by atoms with van der Waals surface area (Å²) < 4.78 is 12.6. The van der Waals surface area contributed by atoms with Crippen LogP contribution in [0.2, 0.25) is 0 Å². The van der Waals surface area contributed by atoms with E-state index in [0.29, 0.717) is 30.3 Å². The molecule has 0 bridgehead atoms. The third kappa shape index (κ3) is 7.51. The van der Waals surface area contributed by atoms with Crippen LogP contribution in [0.25, 0.3) is 0 Å². The summed E-state index contributed by atoms with van der Waals surface area (Å²) in [5.41, 5.74) is 3.94. The molecule has 30 heavy (non-hydrogen) atoms. The van der Waals surface area contributed by atoms with Crippen molar-refractivity contribution >= 4 is 34.0 Å². The molecule has 160 valence electrons. The van der Waals surface area contributed by atoms with E-state index in [0.717, 1.165) is 16.5 Å². The van der Waals surface area contributed by atoms with Crippen LogP contribution in [0.4, 0.5) is 0 Å². The van der Waals surface area contributed by atoms with Gasteiger partial charge in [0.2, 0.25) is 0 Å². The SMILES string of the molecule is CCOc1cc(/C=N\NC(=O)C(=O)N[C@H](C)CC)ccc1OCc1ccc(Br)cc1. The molecule has 0 fully saturated rings. The van der Waals surface area contributed by atoms with Crippen molar-refractivity contribution in [3.05, 3.63) is 58.1 Å². The van der Waals surface area contributed by atoms with Crippen LogP contribution in [0.15, 0.2) is 52.0 Å². The molecule has 0 aliphatic carbocycles. The number of amides is 2. The first kappa shape index (κ1) is 23.4. The molecule has 2 rings (SSSR count). The van der Waals surface area contributed by atoms with E-state index >= 15 is 0 Å². The first-order valence-corrected chi connectivity index (χ1v) is 10.5. The zero-order valence-electron chi connectivity index (χ0n) is 17.3. The molecule has 0 aliphatic rings. The summed E-state index contributed by atoms with van der Waals surface area (Å²) in [7, 11) is 0. The molecule has 8 heteroatoms. The van der Waals surface area contributed by atoms with Gasteiger partial charge in [-0.15, -0.1) is 0 Å². The summed E-state index contributed by atoms with van der Waals surface area (Å²) in [6.45, 7) is 6.51. The summed E-state index contributed by atoms with van der Waals surface area (Å²) in [5.74, 6) is -0.354. The van der Waals surface area contributed by atoms with E-state index in [1.807, 2.05) is 45.0 Å². The van der Waals surface area contributed by atoms with Crippen LogP contribution in [0.3, 0.4) is 0 Å². The molecule has 0 aliphatic heterocycles. The minimum atomic E-state index is -0.814. The number of hydrogen-bond donors (Lipinski definition) is 2. The summed E-state index contributed by atoms with van der Waals surface area (Å²) in [6.07, 6.45) is 2.17. The number of benzene rings is 2. The molecule has 7 nitrogen and oxygen atoms in total. The second-order valence-electron chi connectivity index (χ2n) is 6.54. The minimum Gasteiger partial charge on any atom is -0.490 e. The van der Waals surface area contributed by atoms with E-state index in [1.54, 1.807) is 18.2 Å². The second-order valence-corrected chi connectivity index (χ2v) is 7.45. The van der Waals surface area contributed by atoms with Gasteiger partial charge in [-0.25, -0.2) is 5.43 Å². The fourth-order valence-electron chi connectivity index (χ4n) is 2.34. The molecule has 2 N–H and O–H groups in total. The predicted octanol–water partition coefficient (Wildman–Crippen LogP) is 3.79. The highest BCUT2D eigenvalue weighted by Gasteiger charge is 2.14. The smallest absolute Gasteiger partial charge is 0.329 e. The van der Waals surface area contributed by atoms with Gasteiger partial charge in [0.25, 0.3) is 0 Å². The van der Waals surface area contributed by atoms with Crippen LogP contribution >= 0.6 is 15.9 Å². The highest BCUT2D eigenvalue weighted by molar-refractivity contribution is 9.10. The first-order valence-electron chi connectivity index (χ1n) is 9.70. The zero-order valence-corrected chi connectivity index (χ0v) is 18.9. The molecule has 0 saturated heterocycles. The van der Waals surface area contributed by atoms with Crippen molar-refractivity contribution in [2.24, 2.45) is 5.10 Å². The lowest BCUT2D eigenvalue weighted by Gasteiger charge is -2.13. The van der Waals surface area contributed by atoms with E-state index < -0.39 is 11.8 Å². The van der Waals surface area contributed by atoms with Gasteiger partial charge in [-0.2, -0.15) is 5.10 Å².